The highest BCUT2D eigenvalue weighted by Gasteiger charge is 2.20. The molecular weight excluding hydrogens is 262 g/mol. The highest BCUT2D eigenvalue weighted by Crippen LogP contribution is 2.19. The summed E-state index contributed by atoms with van der Waals surface area (Å²) in [7, 11) is 0. The van der Waals surface area contributed by atoms with Crippen molar-refractivity contribution in [3.63, 3.8) is 0 Å². The molecule has 3 rings (SSSR count). The molecule has 100 valence electrons. The molecule has 1 aliphatic carbocycles. The zero-order valence-electron chi connectivity index (χ0n) is 10.6. The van der Waals surface area contributed by atoms with Crippen LogP contribution in [0.2, 0.25) is 5.02 Å². The van der Waals surface area contributed by atoms with Crippen LogP contribution in [0.15, 0.2) is 28.8 Å². The second-order valence-electron chi connectivity index (χ2n) is 4.85. The van der Waals surface area contributed by atoms with Crippen molar-refractivity contribution in [1.29, 1.82) is 0 Å². The van der Waals surface area contributed by atoms with Crippen LogP contribution in [-0.4, -0.2) is 22.7 Å². The van der Waals surface area contributed by atoms with Gasteiger partial charge in [-0.3, -0.25) is 0 Å². The van der Waals surface area contributed by atoms with Crippen LogP contribution < -0.4 is 5.32 Å². The number of hydrogen-bond donors (Lipinski definition) is 1. The van der Waals surface area contributed by atoms with E-state index >= 15 is 0 Å². The number of hydrogen-bond acceptors (Lipinski definition) is 4. The van der Waals surface area contributed by atoms with Gasteiger partial charge in [-0.2, -0.15) is 4.98 Å². The maximum atomic E-state index is 6.11. The predicted molar refractivity (Wildman–Crippen MR) is 73.3 cm³/mol. The molecule has 1 aromatic carbocycles. The Morgan fingerprint density at radius 3 is 2.95 bits per heavy atom. The van der Waals surface area contributed by atoms with Crippen molar-refractivity contribution in [3.8, 4) is 0 Å². The number of nitrogens with one attached hydrogen (secondary N) is 1. The SMILES string of the molecule is Clc1ccccc1Cc1noc(CCNC2CC2)n1. The van der Waals surface area contributed by atoms with E-state index in [9.17, 15) is 0 Å². The topological polar surface area (TPSA) is 51.0 Å². The second kappa shape index (κ2) is 5.72. The Balaban J connectivity index is 1.56. The van der Waals surface area contributed by atoms with Crippen LogP contribution in [0.3, 0.4) is 0 Å². The molecule has 0 unspecified atom stereocenters. The Morgan fingerprint density at radius 1 is 1.32 bits per heavy atom. The first-order chi connectivity index (χ1) is 9.31. The maximum Gasteiger partial charge on any atom is 0.227 e. The fourth-order valence-corrected chi connectivity index (χ4v) is 2.15. The molecule has 1 saturated carbocycles. The third-order valence-electron chi connectivity index (χ3n) is 3.17. The van der Waals surface area contributed by atoms with Gasteiger partial charge in [0.2, 0.25) is 5.89 Å². The van der Waals surface area contributed by atoms with Crippen molar-refractivity contribution in [3.05, 3.63) is 46.6 Å². The molecular formula is C14H16ClN3O. The third-order valence-corrected chi connectivity index (χ3v) is 3.53. The molecule has 0 amide bonds. The van der Waals surface area contributed by atoms with Crippen molar-refractivity contribution in [2.45, 2.75) is 31.7 Å². The van der Waals surface area contributed by atoms with E-state index in [-0.39, 0.29) is 0 Å². The molecule has 19 heavy (non-hydrogen) atoms. The third kappa shape index (κ3) is 3.55. The largest absolute Gasteiger partial charge is 0.339 e. The summed E-state index contributed by atoms with van der Waals surface area (Å²) < 4.78 is 5.23. The van der Waals surface area contributed by atoms with Crippen LogP contribution >= 0.6 is 11.6 Å². The molecule has 0 aliphatic heterocycles. The monoisotopic (exact) mass is 277 g/mol. The van der Waals surface area contributed by atoms with Gasteiger partial charge < -0.3 is 9.84 Å². The van der Waals surface area contributed by atoms with Gasteiger partial charge in [0.25, 0.3) is 0 Å². The average molecular weight is 278 g/mol. The molecule has 1 heterocycles. The molecule has 2 aromatic rings. The highest BCUT2D eigenvalue weighted by atomic mass is 35.5. The van der Waals surface area contributed by atoms with Gasteiger partial charge in [-0.25, -0.2) is 0 Å². The molecule has 0 bridgehead atoms. The first-order valence-corrected chi connectivity index (χ1v) is 6.97. The number of aromatic nitrogens is 2. The molecule has 1 N–H and O–H groups in total. The smallest absolute Gasteiger partial charge is 0.227 e. The summed E-state index contributed by atoms with van der Waals surface area (Å²) in [6, 6.07) is 8.44. The van der Waals surface area contributed by atoms with E-state index in [4.69, 9.17) is 16.1 Å². The van der Waals surface area contributed by atoms with Crippen molar-refractivity contribution in [2.24, 2.45) is 0 Å². The molecule has 4 nitrogen and oxygen atoms in total. The zero-order valence-corrected chi connectivity index (χ0v) is 11.4. The quantitative estimate of drug-likeness (QED) is 0.882. The van der Waals surface area contributed by atoms with Gasteiger partial charge in [0.05, 0.1) is 0 Å². The Morgan fingerprint density at radius 2 is 2.16 bits per heavy atom. The van der Waals surface area contributed by atoms with Crippen molar-refractivity contribution >= 4 is 11.6 Å². The Labute approximate surface area is 117 Å². The Bertz CT molecular complexity index is 551. The second-order valence-corrected chi connectivity index (χ2v) is 5.26. The Hall–Kier alpha value is -1.39. The van der Waals surface area contributed by atoms with Crippen LogP contribution in [0.1, 0.15) is 30.1 Å². The summed E-state index contributed by atoms with van der Waals surface area (Å²) in [6.07, 6.45) is 3.98. The molecule has 1 aromatic heterocycles. The summed E-state index contributed by atoms with van der Waals surface area (Å²) in [5, 5.41) is 8.16. The van der Waals surface area contributed by atoms with Gasteiger partial charge in [-0.15, -0.1) is 0 Å². The van der Waals surface area contributed by atoms with E-state index in [1.807, 2.05) is 24.3 Å². The van der Waals surface area contributed by atoms with Crippen LogP contribution in [0.5, 0.6) is 0 Å². The van der Waals surface area contributed by atoms with Crippen molar-refractivity contribution < 1.29 is 4.52 Å². The van der Waals surface area contributed by atoms with E-state index in [2.05, 4.69) is 15.5 Å². The molecule has 0 saturated heterocycles. The van der Waals surface area contributed by atoms with Crippen LogP contribution in [0.25, 0.3) is 0 Å². The fourth-order valence-electron chi connectivity index (χ4n) is 1.95. The average Bonchev–Trinajstić information content (AvgIpc) is 3.12. The zero-order chi connectivity index (χ0) is 13.1. The van der Waals surface area contributed by atoms with E-state index in [0.717, 1.165) is 23.6 Å². The number of benzene rings is 1. The number of halogens is 1. The van der Waals surface area contributed by atoms with E-state index in [0.29, 0.717) is 24.2 Å². The van der Waals surface area contributed by atoms with Gasteiger partial charge >= 0.3 is 0 Å². The summed E-state index contributed by atoms with van der Waals surface area (Å²) in [5.41, 5.74) is 1.02. The standard InChI is InChI=1S/C14H16ClN3O/c15-12-4-2-1-3-10(12)9-13-17-14(19-18-13)7-8-16-11-5-6-11/h1-4,11,16H,5-9H2. The lowest BCUT2D eigenvalue weighted by molar-refractivity contribution is 0.371. The van der Waals surface area contributed by atoms with Crippen LogP contribution in [0, 0.1) is 0 Å². The van der Waals surface area contributed by atoms with E-state index in [1.54, 1.807) is 0 Å². The lowest BCUT2D eigenvalue weighted by Gasteiger charge is -1.99. The molecule has 5 heteroatoms. The van der Waals surface area contributed by atoms with Gasteiger partial charge in [-0.05, 0) is 24.5 Å². The highest BCUT2D eigenvalue weighted by molar-refractivity contribution is 6.31. The number of nitrogens with zero attached hydrogens (tertiary/aromatic N) is 2. The van der Waals surface area contributed by atoms with Crippen molar-refractivity contribution in [2.75, 3.05) is 6.54 Å². The Kier molecular flexibility index (Phi) is 3.80. The maximum absolute atomic E-state index is 6.11. The minimum Gasteiger partial charge on any atom is -0.339 e. The van der Waals surface area contributed by atoms with Gasteiger partial charge in [-0.1, -0.05) is 35.0 Å². The minimum atomic E-state index is 0.610. The summed E-state index contributed by atoms with van der Waals surface area (Å²) >= 11 is 6.11. The first-order valence-electron chi connectivity index (χ1n) is 6.59. The molecule has 0 atom stereocenters. The molecule has 1 fully saturated rings. The molecule has 1 aliphatic rings. The fraction of sp³-hybridized carbons (Fsp3) is 0.429. The number of rotatable bonds is 6. The molecule has 0 spiro atoms. The normalized spacial score (nSPS) is 14.8. The van der Waals surface area contributed by atoms with E-state index < -0.39 is 0 Å². The van der Waals surface area contributed by atoms with Crippen LogP contribution in [0.4, 0.5) is 0 Å². The van der Waals surface area contributed by atoms with Crippen molar-refractivity contribution in [1.82, 2.24) is 15.5 Å². The first kappa shape index (κ1) is 12.6. The van der Waals surface area contributed by atoms with E-state index in [1.165, 1.54) is 12.8 Å². The summed E-state index contributed by atoms with van der Waals surface area (Å²) in [6.45, 7) is 0.901. The summed E-state index contributed by atoms with van der Waals surface area (Å²) in [5.74, 6) is 1.38. The molecule has 0 radical (unpaired) electrons. The predicted octanol–water partition coefficient (Wildman–Crippen LogP) is 2.61. The minimum absolute atomic E-state index is 0.610. The van der Waals surface area contributed by atoms with Crippen LogP contribution in [-0.2, 0) is 12.8 Å². The lowest BCUT2D eigenvalue weighted by Crippen LogP contribution is -2.19. The lowest BCUT2D eigenvalue weighted by atomic mass is 10.1. The van der Waals surface area contributed by atoms with Gasteiger partial charge in [0, 0.05) is 30.5 Å². The van der Waals surface area contributed by atoms with Gasteiger partial charge in [0.1, 0.15) is 0 Å². The summed E-state index contributed by atoms with van der Waals surface area (Å²) in [4.78, 5) is 4.39. The van der Waals surface area contributed by atoms with Gasteiger partial charge in [0.15, 0.2) is 5.82 Å².